The van der Waals surface area contributed by atoms with Gasteiger partial charge < -0.3 is 5.32 Å². The molecule has 34 heavy (non-hydrogen) atoms. The van der Waals surface area contributed by atoms with Gasteiger partial charge in [0.2, 0.25) is 5.91 Å². The third-order valence-corrected chi connectivity index (χ3v) is 6.30. The zero-order valence-corrected chi connectivity index (χ0v) is 19.1. The van der Waals surface area contributed by atoms with E-state index >= 15 is 0 Å². The molecule has 5 rings (SSSR count). The minimum Gasteiger partial charge on any atom is -0.350 e. The Labute approximate surface area is 198 Å². The quantitative estimate of drug-likeness (QED) is 0.442. The van der Waals surface area contributed by atoms with Crippen LogP contribution in [0.15, 0.2) is 74.1 Å². The van der Waals surface area contributed by atoms with Crippen molar-refractivity contribution in [2.24, 2.45) is 7.05 Å². The molecule has 1 N–H and O–H groups in total. The number of aromatic nitrogens is 6. The van der Waals surface area contributed by atoms with E-state index in [1.807, 2.05) is 61.0 Å². The summed E-state index contributed by atoms with van der Waals surface area (Å²) in [6, 6.07) is 8.57. The molecular weight excluding hydrogens is 426 g/mol. The molecule has 3 aromatic heterocycles. The van der Waals surface area contributed by atoms with E-state index in [2.05, 4.69) is 44.2 Å². The van der Waals surface area contributed by atoms with Crippen LogP contribution in [0.3, 0.4) is 0 Å². The number of amides is 1. The fourth-order valence-corrected chi connectivity index (χ4v) is 4.52. The van der Waals surface area contributed by atoms with Crippen molar-refractivity contribution in [1.29, 1.82) is 0 Å². The molecule has 1 fully saturated rings. The smallest absolute Gasteiger partial charge is 0.243 e. The van der Waals surface area contributed by atoms with Crippen LogP contribution in [0, 0.1) is 0 Å². The summed E-state index contributed by atoms with van der Waals surface area (Å²) in [5.74, 6) is 0.560. The standard InChI is InChI=1S/C26H27N7O/c1-3-25(34)31-23-8-5-9-24(11-23)33-17-22(15-30-33)20-12-27-26(28-13-20)19-7-4-6-18(10-19)21-14-29-32(2)16-21/h3-4,6-7,10,12-17,23-24H,1,5,8-9,11H2,2H3,(H,31,34)/t23-,24-/m0/s1. The molecule has 1 aromatic carbocycles. The van der Waals surface area contributed by atoms with Gasteiger partial charge in [0.05, 0.1) is 18.4 Å². The van der Waals surface area contributed by atoms with Gasteiger partial charge >= 0.3 is 0 Å². The van der Waals surface area contributed by atoms with Gasteiger partial charge in [0.25, 0.3) is 0 Å². The molecule has 172 valence electrons. The van der Waals surface area contributed by atoms with Crippen molar-refractivity contribution >= 4 is 5.91 Å². The Morgan fingerprint density at radius 2 is 1.76 bits per heavy atom. The maximum absolute atomic E-state index is 11.7. The van der Waals surface area contributed by atoms with Crippen molar-refractivity contribution < 1.29 is 4.79 Å². The molecule has 3 heterocycles. The highest BCUT2D eigenvalue weighted by Crippen LogP contribution is 2.30. The number of benzene rings is 1. The van der Waals surface area contributed by atoms with Gasteiger partial charge in [-0.25, -0.2) is 9.97 Å². The Hall–Kier alpha value is -4.07. The van der Waals surface area contributed by atoms with Crippen LogP contribution in [0.25, 0.3) is 33.6 Å². The minimum absolute atomic E-state index is 0.116. The number of carbonyl (C=O) groups excluding carboxylic acids is 1. The van der Waals surface area contributed by atoms with Crippen LogP contribution in [-0.4, -0.2) is 41.5 Å². The van der Waals surface area contributed by atoms with Crippen LogP contribution >= 0.6 is 0 Å². The average Bonchev–Trinajstić information content (AvgIpc) is 3.54. The number of nitrogens with zero attached hydrogens (tertiary/aromatic N) is 6. The van der Waals surface area contributed by atoms with Crippen molar-refractivity contribution in [2.45, 2.75) is 37.8 Å². The van der Waals surface area contributed by atoms with E-state index in [9.17, 15) is 4.79 Å². The fourth-order valence-electron chi connectivity index (χ4n) is 4.52. The second kappa shape index (κ2) is 9.43. The number of aryl methyl sites for hydroxylation is 1. The lowest BCUT2D eigenvalue weighted by molar-refractivity contribution is -0.117. The molecule has 8 nitrogen and oxygen atoms in total. The lowest BCUT2D eigenvalue weighted by Crippen LogP contribution is -2.38. The number of hydrogen-bond donors (Lipinski definition) is 1. The second-order valence-corrected chi connectivity index (χ2v) is 8.72. The third kappa shape index (κ3) is 4.66. The van der Waals surface area contributed by atoms with Crippen LogP contribution in [-0.2, 0) is 11.8 Å². The minimum atomic E-state index is -0.116. The third-order valence-electron chi connectivity index (χ3n) is 6.30. The molecule has 0 saturated heterocycles. The van der Waals surface area contributed by atoms with E-state index in [0.29, 0.717) is 5.82 Å². The number of hydrogen-bond acceptors (Lipinski definition) is 5. The summed E-state index contributed by atoms with van der Waals surface area (Å²) in [5.41, 5.74) is 4.99. The first-order valence-corrected chi connectivity index (χ1v) is 11.5. The largest absolute Gasteiger partial charge is 0.350 e. The zero-order valence-electron chi connectivity index (χ0n) is 19.1. The average molecular weight is 454 g/mol. The van der Waals surface area contributed by atoms with Gasteiger partial charge in [0.15, 0.2) is 5.82 Å². The summed E-state index contributed by atoms with van der Waals surface area (Å²) in [4.78, 5) is 20.9. The summed E-state index contributed by atoms with van der Waals surface area (Å²) < 4.78 is 3.80. The van der Waals surface area contributed by atoms with E-state index in [1.165, 1.54) is 6.08 Å². The van der Waals surface area contributed by atoms with Gasteiger partial charge in [0, 0.05) is 60.1 Å². The van der Waals surface area contributed by atoms with Crippen LogP contribution in [0.5, 0.6) is 0 Å². The van der Waals surface area contributed by atoms with Gasteiger partial charge in [-0.3, -0.25) is 14.2 Å². The predicted molar refractivity (Wildman–Crippen MR) is 131 cm³/mol. The first kappa shape index (κ1) is 21.8. The topological polar surface area (TPSA) is 90.5 Å². The Morgan fingerprint density at radius 1 is 1.00 bits per heavy atom. The van der Waals surface area contributed by atoms with E-state index < -0.39 is 0 Å². The normalized spacial score (nSPS) is 17.9. The van der Waals surface area contributed by atoms with E-state index in [1.54, 1.807) is 4.68 Å². The molecule has 1 aliphatic rings. The van der Waals surface area contributed by atoms with Crippen LogP contribution < -0.4 is 5.32 Å². The van der Waals surface area contributed by atoms with Crippen molar-refractivity contribution in [3.8, 4) is 33.6 Å². The molecule has 0 spiro atoms. The van der Waals surface area contributed by atoms with Gasteiger partial charge in [-0.05, 0) is 43.4 Å². The summed E-state index contributed by atoms with van der Waals surface area (Å²) in [7, 11) is 1.91. The predicted octanol–water partition coefficient (Wildman–Crippen LogP) is 4.19. The summed E-state index contributed by atoms with van der Waals surface area (Å²) in [6.07, 6.45) is 16.7. The molecule has 0 aliphatic heterocycles. The van der Waals surface area contributed by atoms with Crippen molar-refractivity contribution in [3.05, 3.63) is 74.1 Å². The van der Waals surface area contributed by atoms with Crippen LogP contribution in [0.1, 0.15) is 31.7 Å². The van der Waals surface area contributed by atoms with E-state index in [0.717, 1.165) is 53.5 Å². The maximum atomic E-state index is 11.7. The Balaban J connectivity index is 1.30. The second-order valence-electron chi connectivity index (χ2n) is 8.72. The van der Waals surface area contributed by atoms with Crippen molar-refractivity contribution in [1.82, 2.24) is 34.8 Å². The lowest BCUT2D eigenvalue weighted by Gasteiger charge is -2.29. The molecule has 4 aromatic rings. The molecule has 0 radical (unpaired) electrons. The van der Waals surface area contributed by atoms with E-state index in [4.69, 9.17) is 0 Å². The molecule has 2 atom stereocenters. The van der Waals surface area contributed by atoms with Gasteiger partial charge in [-0.15, -0.1) is 0 Å². The number of carbonyl (C=O) groups is 1. The van der Waals surface area contributed by atoms with Crippen LogP contribution in [0.4, 0.5) is 0 Å². The van der Waals surface area contributed by atoms with Gasteiger partial charge in [-0.1, -0.05) is 24.8 Å². The highest BCUT2D eigenvalue weighted by atomic mass is 16.1. The molecular formula is C26H27N7O. The highest BCUT2D eigenvalue weighted by molar-refractivity contribution is 5.87. The summed E-state index contributed by atoms with van der Waals surface area (Å²) in [6.45, 7) is 3.54. The molecule has 0 unspecified atom stereocenters. The highest BCUT2D eigenvalue weighted by Gasteiger charge is 2.24. The summed E-state index contributed by atoms with van der Waals surface area (Å²) in [5, 5.41) is 11.9. The lowest BCUT2D eigenvalue weighted by atomic mass is 9.91. The molecule has 0 bridgehead atoms. The molecule has 1 saturated carbocycles. The Morgan fingerprint density at radius 3 is 2.53 bits per heavy atom. The SMILES string of the molecule is C=CC(=O)N[C@H]1CCC[C@H](n2cc(-c3cnc(-c4cccc(-c5cnn(C)c5)c4)nc3)cn2)C1. The van der Waals surface area contributed by atoms with Gasteiger partial charge in [-0.2, -0.15) is 10.2 Å². The van der Waals surface area contributed by atoms with Crippen LogP contribution in [0.2, 0.25) is 0 Å². The first-order valence-electron chi connectivity index (χ1n) is 11.5. The van der Waals surface area contributed by atoms with Crippen molar-refractivity contribution in [2.75, 3.05) is 0 Å². The number of rotatable bonds is 6. The molecule has 1 amide bonds. The summed E-state index contributed by atoms with van der Waals surface area (Å²) >= 11 is 0. The molecule has 8 heteroatoms. The van der Waals surface area contributed by atoms with E-state index in [-0.39, 0.29) is 18.0 Å². The monoisotopic (exact) mass is 453 g/mol. The van der Waals surface area contributed by atoms with Gasteiger partial charge in [0.1, 0.15) is 0 Å². The fraction of sp³-hybridized carbons (Fsp3) is 0.269. The maximum Gasteiger partial charge on any atom is 0.243 e. The number of nitrogens with one attached hydrogen (secondary N) is 1. The first-order chi connectivity index (χ1) is 16.6. The Bertz CT molecular complexity index is 1300. The molecule has 1 aliphatic carbocycles. The van der Waals surface area contributed by atoms with Crippen molar-refractivity contribution in [3.63, 3.8) is 0 Å². The Kier molecular flexibility index (Phi) is 6.03. The zero-order chi connectivity index (χ0) is 23.5.